The van der Waals surface area contributed by atoms with Crippen LogP contribution >= 0.6 is 11.8 Å². The molecule has 0 aliphatic heterocycles. The van der Waals surface area contributed by atoms with E-state index in [-0.39, 0.29) is 11.5 Å². The molecule has 2 aromatic heterocycles. The number of hydrogen-bond acceptors (Lipinski definition) is 6. The highest BCUT2D eigenvalue weighted by atomic mass is 32.2. The van der Waals surface area contributed by atoms with E-state index in [9.17, 15) is 9.59 Å². The first-order valence-corrected chi connectivity index (χ1v) is 8.97. The Labute approximate surface area is 159 Å². The summed E-state index contributed by atoms with van der Waals surface area (Å²) < 4.78 is 7.22. The molecular formula is C18H17N5O3S. The summed E-state index contributed by atoms with van der Waals surface area (Å²) in [6.45, 7) is 4.24. The number of Topliss-reactive ketones (excluding diaryl/α,β-unsaturated/α-hetero) is 1. The van der Waals surface area contributed by atoms with Gasteiger partial charge >= 0.3 is 6.03 Å². The van der Waals surface area contributed by atoms with E-state index in [2.05, 4.69) is 22.1 Å². The second kappa shape index (κ2) is 8.37. The van der Waals surface area contributed by atoms with Crippen LogP contribution in [0, 0.1) is 0 Å². The van der Waals surface area contributed by atoms with Gasteiger partial charge in [0.15, 0.2) is 16.7 Å². The Morgan fingerprint density at radius 2 is 2.04 bits per heavy atom. The molecule has 0 spiro atoms. The molecule has 8 nitrogen and oxygen atoms in total. The molecule has 0 saturated heterocycles. The molecule has 0 unspecified atom stereocenters. The van der Waals surface area contributed by atoms with Crippen molar-refractivity contribution in [3.05, 3.63) is 60.9 Å². The molecule has 2 amide bonds. The quantitative estimate of drug-likeness (QED) is 0.351. The molecule has 3 rings (SSSR count). The maximum atomic E-state index is 12.4. The standard InChI is InChI=1S/C18H17N5O3S/c1-2-9-23-16(15-4-3-10-26-15)21-22-18(23)27-11-14(24)12-5-7-13(8-6-12)20-17(19)25/h2-8,10H,1,9,11H2,(H3,19,20,25). The van der Waals surface area contributed by atoms with Crippen LogP contribution in [0.5, 0.6) is 0 Å². The molecule has 1 aromatic carbocycles. The number of nitrogens with two attached hydrogens (primary N) is 1. The van der Waals surface area contributed by atoms with E-state index in [0.29, 0.717) is 34.5 Å². The smallest absolute Gasteiger partial charge is 0.316 e. The number of nitrogens with one attached hydrogen (secondary N) is 1. The van der Waals surface area contributed by atoms with Crippen molar-refractivity contribution in [2.75, 3.05) is 11.1 Å². The first kappa shape index (κ1) is 18.5. The predicted octanol–water partition coefficient (Wildman–Crippen LogP) is 3.19. The van der Waals surface area contributed by atoms with Crippen molar-refractivity contribution in [2.45, 2.75) is 11.7 Å². The van der Waals surface area contributed by atoms with Crippen molar-refractivity contribution >= 4 is 29.3 Å². The minimum absolute atomic E-state index is 0.0710. The number of anilines is 1. The van der Waals surface area contributed by atoms with E-state index in [1.54, 1.807) is 48.7 Å². The summed E-state index contributed by atoms with van der Waals surface area (Å²) in [6.07, 6.45) is 3.29. The number of furan rings is 1. The van der Waals surface area contributed by atoms with Crippen LogP contribution < -0.4 is 11.1 Å². The number of primary amides is 1. The lowest BCUT2D eigenvalue weighted by Crippen LogP contribution is -2.19. The molecule has 0 bridgehead atoms. The van der Waals surface area contributed by atoms with Crippen LogP contribution in [0.1, 0.15) is 10.4 Å². The molecule has 0 saturated carbocycles. The summed E-state index contributed by atoms with van der Waals surface area (Å²) in [5.74, 6) is 1.30. The number of hydrogen-bond donors (Lipinski definition) is 2. The molecule has 2 heterocycles. The third-order valence-corrected chi connectivity index (χ3v) is 4.54. The number of ketones is 1. The number of carbonyl (C=O) groups is 2. The minimum Gasteiger partial charge on any atom is -0.461 e. The number of rotatable bonds is 8. The normalized spacial score (nSPS) is 10.5. The maximum Gasteiger partial charge on any atom is 0.316 e. The van der Waals surface area contributed by atoms with Crippen LogP contribution in [0.15, 0.2) is 64.9 Å². The second-order valence-corrected chi connectivity index (χ2v) is 6.40. The van der Waals surface area contributed by atoms with E-state index >= 15 is 0 Å². The minimum atomic E-state index is -0.654. The van der Waals surface area contributed by atoms with Crippen LogP contribution in [0.2, 0.25) is 0 Å². The lowest BCUT2D eigenvalue weighted by Gasteiger charge is -2.06. The van der Waals surface area contributed by atoms with Crippen LogP contribution in [0.4, 0.5) is 10.5 Å². The predicted molar refractivity (Wildman–Crippen MR) is 103 cm³/mol. The van der Waals surface area contributed by atoms with Gasteiger partial charge in [0.2, 0.25) is 5.82 Å². The number of aromatic nitrogens is 3. The van der Waals surface area contributed by atoms with E-state index < -0.39 is 6.03 Å². The molecule has 3 aromatic rings. The van der Waals surface area contributed by atoms with Gasteiger partial charge in [-0.15, -0.1) is 16.8 Å². The first-order valence-electron chi connectivity index (χ1n) is 7.99. The van der Waals surface area contributed by atoms with Gasteiger partial charge in [0.25, 0.3) is 0 Å². The van der Waals surface area contributed by atoms with Gasteiger partial charge in [-0.2, -0.15) is 0 Å². The molecule has 0 aliphatic rings. The number of nitrogens with zero attached hydrogens (tertiary/aromatic N) is 3. The summed E-state index contributed by atoms with van der Waals surface area (Å²) in [4.78, 5) is 23.3. The third-order valence-electron chi connectivity index (χ3n) is 3.58. The van der Waals surface area contributed by atoms with Crippen LogP contribution in [-0.2, 0) is 6.54 Å². The Morgan fingerprint density at radius 1 is 1.26 bits per heavy atom. The van der Waals surface area contributed by atoms with Crippen molar-refractivity contribution in [1.29, 1.82) is 0 Å². The van der Waals surface area contributed by atoms with Crippen LogP contribution in [-0.4, -0.2) is 32.3 Å². The largest absolute Gasteiger partial charge is 0.461 e. The lowest BCUT2D eigenvalue weighted by atomic mass is 10.1. The summed E-state index contributed by atoms with van der Waals surface area (Å²) in [6, 6.07) is 9.43. The van der Waals surface area contributed by atoms with E-state index in [0.717, 1.165) is 0 Å². The molecule has 3 N–H and O–H groups in total. The molecule has 27 heavy (non-hydrogen) atoms. The molecule has 0 radical (unpaired) electrons. The number of benzene rings is 1. The van der Waals surface area contributed by atoms with E-state index in [4.69, 9.17) is 10.2 Å². The van der Waals surface area contributed by atoms with Crippen molar-refractivity contribution in [1.82, 2.24) is 14.8 Å². The van der Waals surface area contributed by atoms with Gasteiger partial charge in [-0.1, -0.05) is 17.8 Å². The topological polar surface area (TPSA) is 116 Å². The highest BCUT2D eigenvalue weighted by Gasteiger charge is 2.17. The fraction of sp³-hybridized carbons (Fsp3) is 0.111. The van der Waals surface area contributed by atoms with Crippen LogP contribution in [0.25, 0.3) is 11.6 Å². The number of thioether (sulfide) groups is 1. The van der Waals surface area contributed by atoms with Crippen molar-refractivity contribution in [2.24, 2.45) is 5.73 Å². The third kappa shape index (κ3) is 4.45. The number of carbonyl (C=O) groups excluding carboxylic acids is 2. The zero-order valence-electron chi connectivity index (χ0n) is 14.3. The highest BCUT2D eigenvalue weighted by Crippen LogP contribution is 2.25. The average molecular weight is 383 g/mol. The van der Waals surface area contributed by atoms with Gasteiger partial charge in [-0.05, 0) is 36.4 Å². The van der Waals surface area contributed by atoms with Gasteiger partial charge in [-0.25, -0.2) is 4.79 Å². The SMILES string of the molecule is C=CCn1c(SCC(=O)c2ccc(NC(N)=O)cc2)nnc1-c1ccco1. The van der Waals surface area contributed by atoms with Crippen molar-refractivity contribution < 1.29 is 14.0 Å². The molecule has 9 heteroatoms. The second-order valence-electron chi connectivity index (χ2n) is 5.46. The first-order chi connectivity index (χ1) is 13.1. The number of urea groups is 1. The average Bonchev–Trinajstić information content (AvgIpc) is 3.30. The zero-order chi connectivity index (χ0) is 19.2. The Hall–Kier alpha value is -3.33. The Morgan fingerprint density at radius 3 is 2.67 bits per heavy atom. The lowest BCUT2D eigenvalue weighted by molar-refractivity contribution is 0.102. The van der Waals surface area contributed by atoms with Crippen molar-refractivity contribution in [3.63, 3.8) is 0 Å². The highest BCUT2D eigenvalue weighted by molar-refractivity contribution is 7.99. The molecule has 0 fully saturated rings. The Bertz CT molecular complexity index is 948. The summed E-state index contributed by atoms with van der Waals surface area (Å²) in [7, 11) is 0. The molecule has 138 valence electrons. The zero-order valence-corrected chi connectivity index (χ0v) is 15.1. The Kier molecular flexibility index (Phi) is 5.72. The number of allylic oxidation sites excluding steroid dienone is 1. The fourth-order valence-corrected chi connectivity index (χ4v) is 3.21. The van der Waals surface area contributed by atoms with Gasteiger partial charge in [0.1, 0.15) is 0 Å². The van der Waals surface area contributed by atoms with Gasteiger partial charge in [0, 0.05) is 17.8 Å². The van der Waals surface area contributed by atoms with E-state index in [1.165, 1.54) is 11.8 Å². The van der Waals surface area contributed by atoms with E-state index in [1.807, 2.05) is 4.57 Å². The molecular weight excluding hydrogens is 366 g/mol. The molecule has 0 aliphatic carbocycles. The summed E-state index contributed by atoms with van der Waals surface area (Å²) in [5.41, 5.74) is 6.12. The summed E-state index contributed by atoms with van der Waals surface area (Å²) in [5, 5.41) is 11.4. The monoisotopic (exact) mass is 383 g/mol. The molecule has 0 atom stereocenters. The Balaban J connectivity index is 1.70. The van der Waals surface area contributed by atoms with Gasteiger partial charge < -0.3 is 15.5 Å². The van der Waals surface area contributed by atoms with Gasteiger partial charge in [0.05, 0.1) is 12.0 Å². The summed E-state index contributed by atoms with van der Waals surface area (Å²) >= 11 is 1.28. The van der Waals surface area contributed by atoms with Crippen LogP contribution in [0.3, 0.4) is 0 Å². The fourth-order valence-electron chi connectivity index (χ4n) is 2.37. The van der Waals surface area contributed by atoms with Crippen molar-refractivity contribution in [3.8, 4) is 11.6 Å². The number of amides is 2. The van der Waals surface area contributed by atoms with Gasteiger partial charge in [-0.3, -0.25) is 9.36 Å². The maximum absolute atomic E-state index is 12.4.